The molecule has 1 amide bonds. The average Bonchev–Trinajstić information content (AvgIpc) is 2.13. The van der Waals surface area contributed by atoms with Gasteiger partial charge in [-0.15, -0.1) is 11.6 Å². The Morgan fingerprint density at radius 3 is 2.20 bits per heavy atom. The fourth-order valence-corrected chi connectivity index (χ4v) is 2.17. The molecule has 0 aromatic carbocycles. The molecule has 0 unspecified atom stereocenters. The maximum Gasteiger partial charge on any atom is 0.344 e. The molecule has 0 aromatic rings. The predicted octanol–water partition coefficient (Wildman–Crippen LogP) is 0.510. The van der Waals surface area contributed by atoms with E-state index in [4.69, 9.17) is 11.6 Å². The molecular formula is C8H12ClNO4S. The van der Waals surface area contributed by atoms with Crippen molar-refractivity contribution in [2.24, 2.45) is 0 Å². The Morgan fingerprint density at radius 1 is 1.40 bits per heavy atom. The highest BCUT2D eigenvalue weighted by Crippen LogP contribution is 2.26. The maximum atomic E-state index is 11.4. The third kappa shape index (κ3) is 4.09. The summed E-state index contributed by atoms with van der Waals surface area (Å²) in [5.74, 6) is -1.47. The minimum Gasteiger partial charge on any atom is -0.467 e. The predicted molar refractivity (Wildman–Crippen MR) is 57.6 cm³/mol. The number of ether oxygens (including phenoxy) is 1. The molecule has 0 aliphatic rings. The summed E-state index contributed by atoms with van der Waals surface area (Å²) in [6, 6.07) is 0. The van der Waals surface area contributed by atoms with E-state index in [9.17, 15) is 14.4 Å². The van der Waals surface area contributed by atoms with Crippen LogP contribution in [0.4, 0.5) is 0 Å². The van der Waals surface area contributed by atoms with Crippen molar-refractivity contribution in [2.75, 3.05) is 13.0 Å². The van der Waals surface area contributed by atoms with Crippen molar-refractivity contribution >= 4 is 40.4 Å². The third-order valence-electron chi connectivity index (χ3n) is 1.40. The van der Waals surface area contributed by atoms with Crippen LogP contribution in [0.1, 0.15) is 13.8 Å². The third-order valence-corrected chi connectivity index (χ3v) is 3.01. The molecule has 1 atom stereocenters. The molecule has 0 spiro atoms. The van der Waals surface area contributed by atoms with Gasteiger partial charge in [0.05, 0.1) is 13.0 Å². The van der Waals surface area contributed by atoms with Crippen LogP contribution in [0, 0.1) is 0 Å². The maximum absolute atomic E-state index is 11.4. The Hall–Kier alpha value is -0.750. The lowest BCUT2D eigenvalue weighted by Crippen LogP contribution is -2.54. The van der Waals surface area contributed by atoms with Gasteiger partial charge in [0.25, 0.3) is 0 Å². The minimum absolute atomic E-state index is 0.247. The number of hydrogen-bond donors (Lipinski definition) is 1. The van der Waals surface area contributed by atoms with Crippen LogP contribution < -0.4 is 5.32 Å². The topological polar surface area (TPSA) is 72.5 Å². The van der Waals surface area contributed by atoms with Gasteiger partial charge in [-0.25, -0.2) is 4.79 Å². The first-order valence-electron chi connectivity index (χ1n) is 4.00. The van der Waals surface area contributed by atoms with Crippen molar-refractivity contribution < 1.29 is 19.1 Å². The summed E-state index contributed by atoms with van der Waals surface area (Å²) in [6.45, 7) is 2.50. The zero-order chi connectivity index (χ0) is 12.1. The Balaban J connectivity index is 4.99. The van der Waals surface area contributed by atoms with Gasteiger partial charge in [-0.3, -0.25) is 9.59 Å². The number of rotatable bonds is 4. The molecule has 0 saturated carbocycles. The molecule has 0 heterocycles. The van der Waals surface area contributed by atoms with Gasteiger partial charge in [0.15, 0.2) is 5.12 Å². The highest BCUT2D eigenvalue weighted by Gasteiger charge is 2.42. The number of hydrogen-bond acceptors (Lipinski definition) is 5. The van der Waals surface area contributed by atoms with E-state index >= 15 is 0 Å². The van der Waals surface area contributed by atoms with Crippen LogP contribution in [0.15, 0.2) is 0 Å². The summed E-state index contributed by atoms with van der Waals surface area (Å²) in [7, 11) is 1.16. The van der Waals surface area contributed by atoms with Crippen LogP contribution in [-0.4, -0.2) is 34.9 Å². The van der Waals surface area contributed by atoms with Crippen LogP contribution in [0.3, 0.4) is 0 Å². The molecule has 0 aliphatic carbocycles. The standard InChI is InChI=1S/C8H12ClNO4S/c1-5(11)10-8(4-9,7(13)14-3)15-6(2)12/h4H2,1-3H3,(H,10,11)/t8-/m0/s1. The number of nitrogens with one attached hydrogen (secondary N) is 1. The van der Waals surface area contributed by atoms with Crippen molar-refractivity contribution in [3.8, 4) is 0 Å². The Bertz CT molecular complexity index is 266. The number of thioether (sulfide) groups is 1. The first-order valence-corrected chi connectivity index (χ1v) is 5.35. The SMILES string of the molecule is COC(=O)[C@@](CCl)(NC(C)=O)SC(C)=O. The fourth-order valence-electron chi connectivity index (χ4n) is 0.928. The van der Waals surface area contributed by atoms with Gasteiger partial charge in [-0.1, -0.05) is 0 Å². The molecule has 7 heteroatoms. The van der Waals surface area contributed by atoms with E-state index in [1.54, 1.807) is 0 Å². The summed E-state index contributed by atoms with van der Waals surface area (Å²) >= 11 is 6.23. The summed E-state index contributed by atoms with van der Waals surface area (Å²) < 4.78 is 4.50. The van der Waals surface area contributed by atoms with Gasteiger partial charge < -0.3 is 10.1 Å². The van der Waals surface area contributed by atoms with Gasteiger partial charge >= 0.3 is 5.97 Å². The molecule has 0 radical (unpaired) electrons. The number of carbonyl (C=O) groups is 3. The zero-order valence-electron chi connectivity index (χ0n) is 8.63. The van der Waals surface area contributed by atoms with Gasteiger partial charge in [0.1, 0.15) is 0 Å². The molecule has 0 bridgehead atoms. The normalized spacial score (nSPS) is 13.9. The summed E-state index contributed by atoms with van der Waals surface area (Å²) in [4.78, 5) is 31.8. The first-order chi connectivity index (χ1) is 6.88. The molecule has 86 valence electrons. The number of carbonyl (C=O) groups excluding carboxylic acids is 3. The second kappa shape index (κ2) is 5.97. The number of methoxy groups -OCH3 is 1. The van der Waals surface area contributed by atoms with Crippen molar-refractivity contribution in [1.29, 1.82) is 0 Å². The van der Waals surface area contributed by atoms with E-state index in [-0.39, 0.29) is 11.0 Å². The van der Waals surface area contributed by atoms with E-state index in [1.165, 1.54) is 13.8 Å². The lowest BCUT2D eigenvalue weighted by Gasteiger charge is -2.27. The molecule has 0 aliphatic heterocycles. The Morgan fingerprint density at radius 2 is 1.93 bits per heavy atom. The molecule has 0 saturated heterocycles. The highest BCUT2D eigenvalue weighted by molar-refractivity contribution is 8.15. The van der Waals surface area contributed by atoms with Crippen LogP contribution in [0.2, 0.25) is 0 Å². The van der Waals surface area contributed by atoms with Crippen LogP contribution in [0.25, 0.3) is 0 Å². The Labute approximate surface area is 96.9 Å². The summed E-state index contributed by atoms with van der Waals surface area (Å²) in [5, 5.41) is 1.98. The lowest BCUT2D eigenvalue weighted by atomic mass is 10.3. The fraction of sp³-hybridized carbons (Fsp3) is 0.625. The summed E-state index contributed by atoms with van der Waals surface area (Å²) in [6.07, 6.45) is 0. The van der Waals surface area contributed by atoms with Gasteiger partial charge in [-0.2, -0.15) is 0 Å². The molecule has 5 nitrogen and oxygen atoms in total. The van der Waals surface area contributed by atoms with Crippen molar-refractivity contribution in [3.63, 3.8) is 0 Å². The molecule has 1 N–H and O–H groups in total. The van der Waals surface area contributed by atoms with Gasteiger partial charge in [-0.05, 0) is 11.8 Å². The molecular weight excluding hydrogens is 242 g/mol. The largest absolute Gasteiger partial charge is 0.467 e. The quantitative estimate of drug-likeness (QED) is 0.449. The monoisotopic (exact) mass is 253 g/mol. The van der Waals surface area contributed by atoms with Crippen molar-refractivity contribution in [3.05, 3.63) is 0 Å². The van der Waals surface area contributed by atoms with E-state index in [0.29, 0.717) is 11.8 Å². The number of halogens is 1. The van der Waals surface area contributed by atoms with E-state index in [2.05, 4.69) is 10.1 Å². The second-order valence-corrected chi connectivity index (χ2v) is 4.47. The van der Waals surface area contributed by atoms with Crippen LogP contribution in [-0.2, 0) is 19.1 Å². The van der Waals surface area contributed by atoms with E-state index in [1.807, 2.05) is 0 Å². The first kappa shape index (κ1) is 14.2. The molecule has 0 rings (SSSR count). The van der Waals surface area contributed by atoms with Crippen LogP contribution in [0.5, 0.6) is 0 Å². The number of alkyl halides is 1. The van der Waals surface area contributed by atoms with Gasteiger partial charge in [0, 0.05) is 13.8 Å². The van der Waals surface area contributed by atoms with Crippen molar-refractivity contribution in [1.82, 2.24) is 5.32 Å². The number of esters is 1. The van der Waals surface area contributed by atoms with Crippen LogP contribution >= 0.6 is 23.4 Å². The molecule has 15 heavy (non-hydrogen) atoms. The smallest absolute Gasteiger partial charge is 0.344 e. The number of amides is 1. The second-order valence-electron chi connectivity index (χ2n) is 2.73. The van der Waals surface area contributed by atoms with E-state index < -0.39 is 16.7 Å². The summed E-state index contributed by atoms with van der Waals surface area (Å²) in [5.41, 5.74) is 0. The Kier molecular flexibility index (Phi) is 5.67. The van der Waals surface area contributed by atoms with Crippen molar-refractivity contribution in [2.45, 2.75) is 18.7 Å². The zero-order valence-corrected chi connectivity index (χ0v) is 10.2. The average molecular weight is 254 g/mol. The molecule has 0 aromatic heterocycles. The highest BCUT2D eigenvalue weighted by atomic mass is 35.5. The minimum atomic E-state index is -1.53. The lowest BCUT2D eigenvalue weighted by molar-refractivity contribution is -0.145. The van der Waals surface area contributed by atoms with E-state index in [0.717, 1.165) is 7.11 Å². The molecule has 0 fully saturated rings. The van der Waals surface area contributed by atoms with Gasteiger partial charge in [0.2, 0.25) is 10.8 Å².